The first-order valence-electron chi connectivity index (χ1n) is 8.14. The number of carbonyl (C=O) groups is 3. The Kier molecular flexibility index (Phi) is 4.99. The lowest BCUT2D eigenvalue weighted by molar-refractivity contribution is -0.117. The molecule has 0 radical (unpaired) electrons. The number of nitrogens with one attached hydrogen (secondary N) is 2. The van der Waals surface area contributed by atoms with Gasteiger partial charge >= 0.3 is 0 Å². The summed E-state index contributed by atoms with van der Waals surface area (Å²) in [6.07, 6.45) is 1.22. The normalized spacial score (nSPS) is 13.8. The maximum atomic E-state index is 12.3. The average Bonchev–Trinajstić information content (AvgIpc) is 3.17. The van der Waals surface area contributed by atoms with Crippen LogP contribution in [0, 0.1) is 13.8 Å². The first-order chi connectivity index (χ1) is 12.4. The van der Waals surface area contributed by atoms with Gasteiger partial charge in [-0.05, 0) is 44.5 Å². The van der Waals surface area contributed by atoms with Gasteiger partial charge in [-0.3, -0.25) is 25.2 Å². The van der Waals surface area contributed by atoms with E-state index in [4.69, 9.17) is 16.0 Å². The van der Waals surface area contributed by atoms with Crippen LogP contribution in [0.3, 0.4) is 0 Å². The molecule has 0 unspecified atom stereocenters. The van der Waals surface area contributed by atoms with Gasteiger partial charge in [0.25, 0.3) is 11.8 Å². The predicted molar refractivity (Wildman–Crippen MR) is 96.2 cm³/mol. The maximum Gasteiger partial charge on any atom is 0.273 e. The van der Waals surface area contributed by atoms with Crippen molar-refractivity contribution < 1.29 is 18.8 Å². The molecule has 1 aliphatic rings. The monoisotopic (exact) mass is 375 g/mol. The van der Waals surface area contributed by atoms with Crippen molar-refractivity contribution in [2.75, 3.05) is 11.4 Å². The SMILES string of the molecule is Cc1cc(C(=O)NNC(=O)c2ccc(Cl)c(N3CCCC3=O)c2)c(C)o1. The zero-order valence-electron chi connectivity index (χ0n) is 14.4. The van der Waals surface area contributed by atoms with E-state index in [1.54, 1.807) is 36.9 Å². The quantitative estimate of drug-likeness (QED) is 0.807. The molecule has 2 heterocycles. The van der Waals surface area contributed by atoms with Gasteiger partial charge in [-0.15, -0.1) is 0 Å². The first-order valence-corrected chi connectivity index (χ1v) is 8.52. The van der Waals surface area contributed by atoms with Crippen molar-refractivity contribution in [3.8, 4) is 0 Å². The van der Waals surface area contributed by atoms with Gasteiger partial charge < -0.3 is 9.32 Å². The number of hydrogen-bond donors (Lipinski definition) is 2. The Morgan fingerprint density at radius 3 is 2.50 bits per heavy atom. The highest BCUT2D eigenvalue weighted by atomic mass is 35.5. The molecule has 136 valence electrons. The fourth-order valence-corrected chi connectivity index (χ4v) is 3.09. The van der Waals surface area contributed by atoms with E-state index in [1.165, 1.54) is 6.07 Å². The number of nitrogens with zero attached hydrogens (tertiary/aromatic N) is 1. The summed E-state index contributed by atoms with van der Waals surface area (Å²) in [6.45, 7) is 3.97. The topological polar surface area (TPSA) is 91.7 Å². The molecule has 1 saturated heterocycles. The molecule has 1 aromatic carbocycles. The standard InChI is InChI=1S/C18H18ClN3O4/c1-10-8-13(11(2)26-10)18(25)21-20-17(24)12-5-6-14(19)15(9-12)22-7-3-4-16(22)23/h5-6,8-9H,3-4,7H2,1-2H3,(H,20,24)(H,21,25). The van der Waals surface area contributed by atoms with Gasteiger partial charge in [-0.2, -0.15) is 0 Å². The third kappa shape index (κ3) is 3.57. The summed E-state index contributed by atoms with van der Waals surface area (Å²) in [7, 11) is 0. The van der Waals surface area contributed by atoms with E-state index in [-0.39, 0.29) is 11.5 Å². The molecule has 0 aliphatic carbocycles. The van der Waals surface area contributed by atoms with E-state index in [0.717, 1.165) is 6.42 Å². The second kappa shape index (κ2) is 7.21. The minimum absolute atomic E-state index is 0.0245. The predicted octanol–water partition coefficient (Wildman–Crippen LogP) is 2.75. The number of halogens is 1. The van der Waals surface area contributed by atoms with Crippen molar-refractivity contribution in [3.63, 3.8) is 0 Å². The molecule has 7 nitrogen and oxygen atoms in total. The molecule has 1 aliphatic heterocycles. The van der Waals surface area contributed by atoms with Crippen LogP contribution in [0.4, 0.5) is 5.69 Å². The minimum atomic E-state index is -0.513. The average molecular weight is 376 g/mol. The fraction of sp³-hybridized carbons (Fsp3) is 0.278. The molecular formula is C18H18ClN3O4. The van der Waals surface area contributed by atoms with Gasteiger partial charge in [0, 0.05) is 18.5 Å². The van der Waals surface area contributed by atoms with Crippen LogP contribution < -0.4 is 15.8 Å². The molecule has 1 aromatic heterocycles. The summed E-state index contributed by atoms with van der Waals surface area (Å²) in [6, 6.07) is 6.22. The Bertz CT molecular complexity index is 891. The smallest absolute Gasteiger partial charge is 0.273 e. The van der Waals surface area contributed by atoms with Crippen LogP contribution in [0.2, 0.25) is 5.02 Å². The van der Waals surface area contributed by atoms with E-state index in [0.29, 0.717) is 40.8 Å². The van der Waals surface area contributed by atoms with Crippen molar-refractivity contribution >= 4 is 35.0 Å². The van der Waals surface area contributed by atoms with Crippen LogP contribution in [0.15, 0.2) is 28.7 Å². The van der Waals surface area contributed by atoms with Crippen molar-refractivity contribution in [1.29, 1.82) is 0 Å². The van der Waals surface area contributed by atoms with Gasteiger partial charge in [0.1, 0.15) is 11.5 Å². The second-order valence-electron chi connectivity index (χ2n) is 6.05. The van der Waals surface area contributed by atoms with Crippen molar-refractivity contribution in [2.24, 2.45) is 0 Å². The Morgan fingerprint density at radius 2 is 1.88 bits per heavy atom. The molecule has 0 spiro atoms. The fourth-order valence-electron chi connectivity index (χ4n) is 2.87. The lowest BCUT2D eigenvalue weighted by atomic mass is 10.1. The lowest BCUT2D eigenvalue weighted by Crippen LogP contribution is -2.41. The van der Waals surface area contributed by atoms with E-state index >= 15 is 0 Å². The van der Waals surface area contributed by atoms with Crippen molar-refractivity contribution in [3.05, 3.63) is 51.9 Å². The number of rotatable bonds is 3. The van der Waals surface area contributed by atoms with Crippen LogP contribution in [0.25, 0.3) is 0 Å². The number of amides is 3. The first kappa shape index (κ1) is 18.0. The van der Waals surface area contributed by atoms with E-state index < -0.39 is 11.8 Å². The number of furan rings is 1. The zero-order chi connectivity index (χ0) is 18.8. The Hall–Kier alpha value is -2.80. The highest BCUT2D eigenvalue weighted by Gasteiger charge is 2.24. The molecule has 0 bridgehead atoms. The summed E-state index contributed by atoms with van der Waals surface area (Å²) in [5.74, 6) is 0.0631. The molecule has 2 N–H and O–H groups in total. The summed E-state index contributed by atoms with van der Waals surface area (Å²) < 4.78 is 5.30. The van der Waals surface area contributed by atoms with Gasteiger partial charge in [0.2, 0.25) is 5.91 Å². The number of hydrazine groups is 1. The Labute approximate surface area is 155 Å². The number of anilines is 1. The molecule has 0 atom stereocenters. The lowest BCUT2D eigenvalue weighted by Gasteiger charge is -2.18. The molecule has 8 heteroatoms. The number of carbonyl (C=O) groups excluding carboxylic acids is 3. The Balaban J connectivity index is 1.71. The molecular weight excluding hydrogens is 358 g/mol. The largest absolute Gasteiger partial charge is 0.466 e. The minimum Gasteiger partial charge on any atom is -0.466 e. The highest BCUT2D eigenvalue weighted by molar-refractivity contribution is 6.34. The van der Waals surface area contributed by atoms with Crippen LogP contribution in [-0.4, -0.2) is 24.3 Å². The maximum absolute atomic E-state index is 12.3. The van der Waals surface area contributed by atoms with Crippen LogP contribution in [0.1, 0.15) is 45.1 Å². The molecule has 3 amide bonds. The molecule has 2 aromatic rings. The highest BCUT2D eigenvalue weighted by Crippen LogP contribution is 2.30. The zero-order valence-corrected chi connectivity index (χ0v) is 15.1. The van der Waals surface area contributed by atoms with E-state index in [1.807, 2.05) is 0 Å². The number of benzene rings is 1. The molecule has 0 saturated carbocycles. The van der Waals surface area contributed by atoms with E-state index in [9.17, 15) is 14.4 Å². The second-order valence-corrected chi connectivity index (χ2v) is 6.46. The summed E-state index contributed by atoms with van der Waals surface area (Å²) in [4.78, 5) is 37.9. The molecule has 26 heavy (non-hydrogen) atoms. The third-order valence-corrected chi connectivity index (χ3v) is 4.47. The molecule has 1 fully saturated rings. The van der Waals surface area contributed by atoms with Crippen LogP contribution >= 0.6 is 11.6 Å². The third-order valence-electron chi connectivity index (χ3n) is 4.15. The summed E-state index contributed by atoms with van der Waals surface area (Å²) in [5, 5.41) is 0.394. The number of hydrogen-bond acceptors (Lipinski definition) is 4. The van der Waals surface area contributed by atoms with Crippen molar-refractivity contribution in [2.45, 2.75) is 26.7 Å². The van der Waals surface area contributed by atoms with Gasteiger partial charge in [-0.25, -0.2) is 0 Å². The van der Waals surface area contributed by atoms with E-state index in [2.05, 4.69) is 10.9 Å². The van der Waals surface area contributed by atoms with Gasteiger partial charge in [-0.1, -0.05) is 11.6 Å². The van der Waals surface area contributed by atoms with Gasteiger partial charge in [0.15, 0.2) is 0 Å². The Morgan fingerprint density at radius 1 is 1.15 bits per heavy atom. The van der Waals surface area contributed by atoms with Crippen LogP contribution in [0.5, 0.6) is 0 Å². The van der Waals surface area contributed by atoms with Crippen LogP contribution in [-0.2, 0) is 4.79 Å². The van der Waals surface area contributed by atoms with Gasteiger partial charge in [0.05, 0.1) is 16.3 Å². The molecule has 3 rings (SSSR count). The number of aryl methyl sites for hydroxylation is 2. The van der Waals surface area contributed by atoms with Crippen molar-refractivity contribution in [1.82, 2.24) is 10.9 Å². The summed E-state index contributed by atoms with van der Waals surface area (Å²) >= 11 is 6.17. The summed E-state index contributed by atoms with van der Waals surface area (Å²) in [5.41, 5.74) is 5.83.